The molecule has 0 atom stereocenters. The zero-order valence-corrected chi connectivity index (χ0v) is 38.2. The fourth-order valence-electron chi connectivity index (χ4n) is 6.18. The SMILES string of the molecule is C=Cc1sc2c(C3=CCC(C)=Cc4c3sc(C(=C\C)/C(=C/C=C\C)c3sc(/C=C\C)c(C=C)c3C)c4C=C)cccc2c1/C=C\C.CC.CC.CC.CC. The van der Waals surface area contributed by atoms with Crippen LogP contribution in [0.15, 0.2) is 86.0 Å². The fraction of sp³-hybridized carbons (Fsp3) is 0.294. The van der Waals surface area contributed by atoms with Crippen molar-refractivity contribution in [2.24, 2.45) is 0 Å². The molecule has 1 aliphatic rings. The summed E-state index contributed by atoms with van der Waals surface area (Å²) in [6.45, 7) is 41.5. The molecule has 0 N–H and O–H groups in total. The molecule has 5 rings (SSSR count). The number of allylic oxidation sites excluding steroid dienone is 10. The lowest BCUT2D eigenvalue weighted by molar-refractivity contribution is 1.24. The maximum atomic E-state index is 4.37. The largest absolute Gasteiger partial charge is 0.135 e. The van der Waals surface area contributed by atoms with E-state index in [1.807, 2.05) is 102 Å². The summed E-state index contributed by atoms with van der Waals surface area (Å²) in [4.78, 5) is 6.26. The Hall–Kier alpha value is -4.02. The van der Waals surface area contributed by atoms with Crippen molar-refractivity contribution in [3.8, 4) is 0 Å². The highest BCUT2D eigenvalue weighted by atomic mass is 32.1. The van der Waals surface area contributed by atoms with Gasteiger partial charge in [-0.3, -0.25) is 0 Å². The molecule has 0 spiro atoms. The van der Waals surface area contributed by atoms with Crippen molar-refractivity contribution in [1.29, 1.82) is 0 Å². The molecule has 0 aliphatic heterocycles. The molecular formula is C51H66S3. The van der Waals surface area contributed by atoms with Gasteiger partial charge in [0.05, 0.1) is 0 Å². The van der Waals surface area contributed by atoms with E-state index in [0.29, 0.717) is 0 Å². The molecule has 54 heavy (non-hydrogen) atoms. The van der Waals surface area contributed by atoms with E-state index in [4.69, 9.17) is 0 Å². The molecule has 0 bridgehead atoms. The molecule has 0 nitrogen and oxygen atoms in total. The zero-order chi connectivity index (χ0) is 41.0. The summed E-state index contributed by atoms with van der Waals surface area (Å²) in [5.41, 5.74) is 12.5. The highest BCUT2D eigenvalue weighted by Crippen LogP contribution is 2.50. The third kappa shape index (κ3) is 10.4. The average molecular weight is 775 g/mol. The molecule has 0 unspecified atom stereocenters. The molecule has 0 saturated heterocycles. The van der Waals surface area contributed by atoms with Gasteiger partial charge in [0, 0.05) is 56.7 Å². The Morgan fingerprint density at radius 3 is 1.87 bits per heavy atom. The summed E-state index contributed by atoms with van der Waals surface area (Å²) in [7, 11) is 0. The molecular weight excluding hydrogens is 709 g/mol. The molecule has 4 aromatic rings. The van der Waals surface area contributed by atoms with Crippen LogP contribution in [0.5, 0.6) is 0 Å². The highest BCUT2D eigenvalue weighted by Gasteiger charge is 2.27. The highest BCUT2D eigenvalue weighted by molar-refractivity contribution is 7.20. The van der Waals surface area contributed by atoms with Crippen LogP contribution in [0.4, 0.5) is 0 Å². The second kappa shape index (κ2) is 25.1. The second-order valence-electron chi connectivity index (χ2n) is 11.2. The number of hydrogen-bond donors (Lipinski definition) is 0. The Kier molecular flexibility index (Phi) is 22.3. The Bertz CT molecular complexity index is 2060. The summed E-state index contributed by atoms with van der Waals surface area (Å²) < 4.78 is 1.31. The molecule has 0 saturated carbocycles. The quantitative estimate of drug-likeness (QED) is 0.141. The van der Waals surface area contributed by atoms with E-state index >= 15 is 0 Å². The molecule has 288 valence electrons. The third-order valence-electron chi connectivity index (χ3n) is 8.31. The molecule has 1 aliphatic carbocycles. The van der Waals surface area contributed by atoms with Crippen molar-refractivity contribution in [2.45, 2.75) is 103 Å². The Labute approximate surface area is 342 Å². The Morgan fingerprint density at radius 1 is 0.667 bits per heavy atom. The van der Waals surface area contributed by atoms with E-state index in [2.05, 4.69) is 146 Å². The standard InChI is InChI=1S/C43H42S3.4C2H6/c1-10-17-21-33(40-28(9)29(13-4)39(45-40)20-12-3)30(14-5)41-31(15-6)37-26-27(8)24-25-36(43(37)46-41)35-23-18-22-34-32(19-11-2)38(16-7)44-42(34)35;4*1-2/h10-23,25-26H,4,6-7,24H2,1-3,5,8-9H3;4*1-2H3/b17-10-,19-11-,20-12-,30-14-,33-21-;;;;. The molecule has 3 heterocycles. The normalized spacial score (nSPS) is 12.6. The topological polar surface area (TPSA) is 0 Å². The van der Waals surface area contributed by atoms with Gasteiger partial charge in [-0.2, -0.15) is 0 Å². The first-order valence-corrected chi connectivity index (χ1v) is 22.2. The van der Waals surface area contributed by atoms with Gasteiger partial charge in [-0.25, -0.2) is 0 Å². The minimum atomic E-state index is 0.913. The number of thiophene rings is 3. The number of benzene rings is 1. The van der Waals surface area contributed by atoms with E-state index < -0.39 is 0 Å². The van der Waals surface area contributed by atoms with Crippen LogP contribution in [-0.2, 0) is 0 Å². The summed E-state index contributed by atoms with van der Waals surface area (Å²) in [5.74, 6) is 0. The van der Waals surface area contributed by atoms with Crippen LogP contribution < -0.4 is 0 Å². The predicted octanol–water partition coefficient (Wildman–Crippen LogP) is 18.7. The first kappa shape index (κ1) is 48.0. The Morgan fingerprint density at radius 2 is 1.31 bits per heavy atom. The summed E-state index contributed by atoms with van der Waals surface area (Å²) in [6, 6.07) is 6.73. The molecule has 1 aromatic carbocycles. The third-order valence-corrected chi connectivity index (χ3v) is 12.2. The first-order chi connectivity index (χ1) is 26.4. The molecule has 0 radical (unpaired) electrons. The van der Waals surface area contributed by atoms with Crippen molar-refractivity contribution in [1.82, 2.24) is 0 Å². The van der Waals surface area contributed by atoms with E-state index in [-0.39, 0.29) is 0 Å². The van der Waals surface area contributed by atoms with Crippen molar-refractivity contribution in [3.63, 3.8) is 0 Å². The van der Waals surface area contributed by atoms with Crippen molar-refractivity contribution < 1.29 is 0 Å². The Balaban J connectivity index is 0.00000171. The van der Waals surface area contributed by atoms with Crippen LogP contribution in [0.2, 0.25) is 0 Å². The maximum Gasteiger partial charge on any atom is 0.0434 e. The van der Waals surface area contributed by atoms with Gasteiger partial charge in [-0.1, -0.05) is 172 Å². The van der Waals surface area contributed by atoms with Gasteiger partial charge in [-0.05, 0) is 81.9 Å². The van der Waals surface area contributed by atoms with Crippen LogP contribution in [0.3, 0.4) is 0 Å². The maximum absolute atomic E-state index is 4.37. The summed E-state index contributed by atoms with van der Waals surface area (Å²) in [6.07, 6.45) is 29.2. The van der Waals surface area contributed by atoms with E-state index in [1.54, 1.807) is 0 Å². The average Bonchev–Trinajstić information content (AvgIpc) is 3.83. The lowest BCUT2D eigenvalue weighted by atomic mass is 9.93. The van der Waals surface area contributed by atoms with E-state index in [9.17, 15) is 0 Å². The van der Waals surface area contributed by atoms with Crippen LogP contribution in [0.25, 0.3) is 63.3 Å². The smallest absolute Gasteiger partial charge is 0.0434 e. The van der Waals surface area contributed by atoms with Gasteiger partial charge < -0.3 is 0 Å². The number of hydrogen-bond acceptors (Lipinski definition) is 3. The lowest BCUT2D eigenvalue weighted by Gasteiger charge is -2.13. The fourth-order valence-corrected chi connectivity index (χ4v) is 10.1. The summed E-state index contributed by atoms with van der Waals surface area (Å²) in [5, 5.41) is 1.28. The second-order valence-corrected chi connectivity index (χ2v) is 14.3. The van der Waals surface area contributed by atoms with Gasteiger partial charge >= 0.3 is 0 Å². The van der Waals surface area contributed by atoms with Gasteiger partial charge in [0.15, 0.2) is 0 Å². The van der Waals surface area contributed by atoms with Crippen molar-refractivity contribution in [2.75, 3.05) is 0 Å². The van der Waals surface area contributed by atoms with Crippen LogP contribution >= 0.6 is 34.0 Å². The summed E-state index contributed by atoms with van der Waals surface area (Å²) >= 11 is 5.55. The molecule has 3 aromatic heterocycles. The minimum absolute atomic E-state index is 0.913. The zero-order valence-electron chi connectivity index (χ0n) is 35.8. The van der Waals surface area contributed by atoms with Crippen molar-refractivity contribution in [3.05, 3.63) is 144 Å². The van der Waals surface area contributed by atoms with Gasteiger partial charge in [0.25, 0.3) is 0 Å². The van der Waals surface area contributed by atoms with Crippen LogP contribution in [0, 0.1) is 6.92 Å². The first-order valence-electron chi connectivity index (χ1n) is 19.7. The number of rotatable bonds is 10. The monoisotopic (exact) mass is 774 g/mol. The molecule has 3 heteroatoms. The minimum Gasteiger partial charge on any atom is -0.135 e. The molecule has 0 fully saturated rings. The van der Waals surface area contributed by atoms with Crippen molar-refractivity contribution >= 4 is 97.3 Å². The molecule has 0 amide bonds. The van der Waals surface area contributed by atoms with Crippen LogP contribution in [-0.4, -0.2) is 0 Å². The van der Waals surface area contributed by atoms with E-state index in [1.165, 1.54) is 90.1 Å². The van der Waals surface area contributed by atoms with Gasteiger partial charge in [0.1, 0.15) is 0 Å². The van der Waals surface area contributed by atoms with E-state index in [0.717, 1.165) is 6.42 Å². The van der Waals surface area contributed by atoms with Gasteiger partial charge in [-0.15, -0.1) is 34.0 Å². The van der Waals surface area contributed by atoms with Gasteiger partial charge in [0.2, 0.25) is 0 Å². The number of fused-ring (bicyclic) bond motifs is 2. The van der Waals surface area contributed by atoms with Crippen LogP contribution in [0.1, 0.15) is 154 Å². The predicted molar refractivity (Wildman–Crippen MR) is 262 cm³/mol. The lowest BCUT2D eigenvalue weighted by Crippen LogP contribution is -1.91.